The topological polar surface area (TPSA) is 46.4 Å². The van der Waals surface area contributed by atoms with Gasteiger partial charge in [-0.15, -0.1) is 0 Å². The Hall–Kier alpha value is -1.40. The minimum absolute atomic E-state index is 0.0438. The van der Waals surface area contributed by atoms with E-state index in [4.69, 9.17) is 24.4 Å². The van der Waals surface area contributed by atoms with E-state index < -0.39 is 4.92 Å². The van der Waals surface area contributed by atoms with Crippen molar-refractivity contribution in [3.8, 4) is 0 Å². The summed E-state index contributed by atoms with van der Waals surface area (Å²) >= 11 is 10.3. The lowest BCUT2D eigenvalue weighted by Gasteiger charge is -2.14. The van der Waals surface area contributed by atoms with Gasteiger partial charge in [0.15, 0.2) is 0 Å². The monoisotopic (exact) mass is 254 g/mol. The first-order chi connectivity index (χ1) is 7.43. The van der Waals surface area contributed by atoms with E-state index in [9.17, 15) is 10.1 Å². The van der Waals surface area contributed by atoms with Crippen molar-refractivity contribution < 1.29 is 4.92 Å². The van der Waals surface area contributed by atoms with Crippen molar-refractivity contribution in [1.29, 1.82) is 0 Å². The number of benzene rings is 1. The molecule has 0 fully saturated rings. The first kappa shape index (κ1) is 12.7. The second-order valence-corrected chi connectivity index (χ2v) is 4.13. The van der Waals surface area contributed by atoms with Crippen molar-refractivity contribution in [2.24, 2.45) is 0 Å². The van der Waals surface area contributed by atoms with E-state index in [1.54, 1.807) is 31.1 Å². The summed E-state index contributed by atoms with van der Waals surface area (Å²) in [5.41, 5.74) is 0.765. The number of non-ortho nitro benzene ring substituents is 1. The highest BCUT2D eigenvalue weighted by Gasteiger charge is 2.11. The predicted molar refractivity (Wildman–Crippen MR) is 71.1 cm³/mol. The number of thiocarbonyl (C=S) groups is 2. The lowest BCUT2D eigenvalue weighted by Crippen LogP contribution is -2.27. The Morgan fingerprint density at radius 2 is 1.75 bits per heavy atom. The van der Waals surface area contributed by atoms with Gasteiger partial charge in [0.25, 0.3) is 5.69 Å². The second kappa shape index (κ2) is 5.09. The van der Waals surface area contributed by atoms with Gasteiger partial charge in [-0.05, 0) is 17.7 Å². The van der Waals surface area contributed by atoms with Gasteiger partial charge in [0, 0.05) is 26.2 Å². The van der Waals surface area contributed by atoms with Crippen LogP contribution in [-0.4, -0.2) is 33.8 Å². The van der Waals surface area contributed by atoms with Gasteiger partial charge in [-0.2, -0.15) is 0 Å². The molecule has 1 aromatic carbocycles. The fraction of sp³-hybridized carbons (Fsp3) is 0.200. The van der Waals surface area contributed by atoms with Gasteiger partial charge in [0.05, 0.1) is 9.79 Å². The van der Waals surface area contributed by atoms with Crippen molar-refractivity contribution >= 4 is 40.0 Å². The van der Waals surface area contributed by atoms with Gasteiger partial charge in [-0.1, -0.05) is 24.4 Å². The summed E-state index contributed by atoms with van der Waals surface area (Å²) in [6.07, 6.45) is 0. The third-order valence-corrected chi connectivity index (χ3v) is 3.07. The molecule has 4 nitrogen and oxygen atoms in total. The molecule has 0 radical (unpaired) electrons. The average Bonchev–Trinajstić information content (AvgIpc) is 2.27. The highest BCUT2D eigenvalue weighted by Crippen LogP contribution is 2.13. The van der Waals surface area contributed by atoms with Crippen LogP contribution in [0.1, 0.15) is 5.56 Å². The van der Waals surface area contributed by atoms with Gasteiger partial charge in [-0.3, -0.25) is 10.1 Å². The minimum Gasteiger partial charge on any atom is -0.368 e. The molecule has 0 saturated heterocycles. The molecule has 1 rings (SSSR count). The highest BCUT2D eigenvalue weighted by atomic mass is 32.1. The first-order valence-corrected chi connectivity index (χ1v) is 5.25. The molecule has 0 spiro atoms. The molecule has 0 N–H and O–H groups in total. The van der Waals surface area contributed by atoms with Crippen LogP contribution in [0.3, 0.4) is 0 Å². The smallest absolute Gasteiger partial charge is 0.269 e. The van der Waals surface area contributed by atoms with Gasteiger partial charge >= 0.3 is 0 Å². The summed E-state index contributed by atoms with van der Waals surface area (Å²) < 4.78 is 0. The van der Waals surface area contributed by atoms with Crippen LogP contribution in [0.2, 0.25) is 0 Å². The van der Waals surface area contributed by atoms with Crippen molar-refractivity contribution in [1.82, 2.24) is 4.90 Å². The molecule has 0 unspecified atom stereocenters. The molecule has 0 aliphatic heterocycles. The van der Waals surface area contributed by atoms with Crippen LogP contribution >= 0.6 is 24.4 Å². The van der Waals surface area contributed by atoms with Crippen molar-refractivity contribution in [2.75, 3.05) is 14.1 Å². The normalized spacial score (nSPS) is 9.62. The van der Waals surface area contributed by atoms with Crippen LogP contribution < -0.4 is 0 Å². The maximum absolute atomic E-state index is 10.5. The molecule has 0 amide bonds. The molecule has 0 saturated carbocycles. The van der Waals surface area contributed by atoms with Crippen molar-refractivity contribution in [3.63, 3.8) is 0 Å². The summed E-state index contributed by atoms with van der Waals surface area (Å²) in [7, 11) is 3.61. The maximum atomic E-state index is 10.5. The van der Waals surface area contributed by atoms with E-state index in [2.05, 4.69) is 0 Å². The Morgan fingerprint density at radius 3 is 2.12 bits per heavy atom. The Morgan fingerprint density at radius 1 is 1.25 bits per heavy atom. The summed E-state index contributed by atoms with van der Waals surface area (Å²) in [5.74, 6) is 0. The number of likely N-dealkylation sites (N-methyl/N-ethyl adjacent to an activating group) is 1. The molecule has 0 bridgehead atoms. The SMILES string of the molecule is CN(C)C(=S)C(=S)c1ccc([N+](=O)[O-])cc1. The third-order valence-electron chi connectivity index (χ3n) is 1.94. The number of nitro benzene ring substituents is 1. The number of rotatable bonds is 3. The molecule has 0 aliphatic carbocycles. The fourth-order valence-electron chi connectivity index (χ4n) is 1.06. The zero-order valence-corrected chi connectivity index (χ0v) is 10.5. The van der Waals surface area contributed by atoms with E-state index in [0.29, 0.717) is 9.85 Å². The lowest BCUT2D eigenvalue weighted by atomic mass is 10.1. The van der Waals surface area contributed by atoms with Crippen LogP contribution in [-0.2, 0) is 0 Å². The van der Waals surface area contributed by atoms with E-state index in [1.807, 2.05) is 0 Å². The van der Waals surface area contributed by atoms with E-state index in [1.165, 1.54) is 12.1 Å². The lowest BCUT2D eigenvalue weighted by molar-refractivity contribution is -0.384. The summed E-state index contributed by atoms with van der Waals surface area (Å²) in [6, 6.07) is 6.05. The number of hydrogen-bond acceptors (Lipinski definition) is 4. The van der Waals surface area contributed by atoms with Crippen LogP contribution in [0.25, 0.3) is 0 Å². The molecule has 0 aromatic heterocycles. The van der Waals surface area contributed by atoms with Crippen LogP contribution in [0.15, 0.2) is 24.3 Å². The molecule has 16 heavy (non-hydrogen) atoms. The molecule has 0 atom stereocenters. The van der Waals surface area contributed by atoms with Gasteiger partial charge in [0.1, 0.15) is 4.99 Å². The Balaban J connectivity index is 2.94. The third kappa shape index (κ3) is 2.80. The Bertz CT molecular complexity index is 441. The fourth-order valence-corrected chi connectivity index (χ4v) is 1.50. The van der Waals surface area contributed by atoms with E-state index in [-0.39, 0.29) is 5.69 Å². The Kier molecular flexibility index (Phi) is 4.03. The summed E-state index contributed by atoms with van der Waals surface area (Å²) in [6.45, 7) is 0. The van der Waals surface area contributed by atoms with E-state index in [0.717, 1.165) is 5.56 Å². The molecular weight excluding hydrogens is 244 g/mol. The largest absolute Gasteiger partial charge is 0.368 e. The molecule has 84 valence electrons. The molecular formula is C10H10N2O2S2. The van der Waals surface area contributed by atoms with Crippen LogP contribution in [0.4, 0.5) is 5.69 Å². The van der Waals surface area contributed by atoms with Crippen molar-refractivity contribution in [2.45, 2.75) is 0 Å². The van der Waals surface area contributed by atoms with Gasteiger partial charge in [0.2, 0.25) is 0 Å². The van der Waals surface area contributed by atoms with Crippen LogP contribution in [0.5, 0.6) is 0 Å². The minimum atomic E-state index is -0.447. The first-order valence-electron chi connectivity index (χ1n) is 4.44. The molecule has 6 heteroatoms. The van der Waals surface area contributed by atoms with E-state index >= 15 is 0 Å². The summed E-state index contributed by atoms with van der Waals surface area (Å²) in [5, 5.41) is 10.5. The summed E-state index contributed by atoms with van der Waals surface area (Å²) in [4.78, 5) is 12.8. The number of hydrogen-bond donors (Lipinski definition) is 0. The number of nitro groups is 1. The standard InChI is InChI=1S/C10H10N2O2S2/c1-11(2)10(16)9(15)7-3-5-8(6-4-7)12(13)14/h3-6H,1-2H3. The maximum Gasteiger partial charge on any atom is 0.269 e. The van der Waals surface area contributed by atoms with Gasteiger partial charge < -0.3 is 4.90 Å². The Labute approximate surface area is 104 Å². The quantitative estimate of drug-likeness (QED) is 0.358. The van der Waals surface area contributed by atoms with Crippen LogP contribution in [0, 0.1) is 10.1 Å². The molecule has 0 heterocycles. The zero-order chi connectivity index (χ0) is 12.3. The van der Waals surface area contributed by atoms with Crippen molar-refractivity contribution in [3.05, 3.63) is 39.9 Å². The predicted octanol–water partition coefficient (Wildman–Crippen LogP) is 2.20. The average molecular weight is 254 g/mol. The highest BCUT2D eigenvalue weighted by molar-refractivity contribution is 7.89. The molecule has 1 aromatic rings. The molecule has 0 aliphatic rings. The number of nitrogens with zero attached hydrogens (tertiary/aromatic N) is 2. The zero-order valence-electron chi connectivity index (χ0n) is 8.84. The second-order valence-electron chi connectivity index (χ2n) is 3.33. The van der Waals surface area contributed by atoms with Gasteiger partial charge in [-0.25, -0.2) is 0 Å².